The summed E-state index contributed by atoms with van der Waals surface area (Å²) in [6, 6.07) is 5.99. The lowest BCUT2D eigenvalue weighted by molar-refractivity contribution is -0.135. The van der Waals surface area contributed by atoms with E-state index in [-0.39, 0.29) is 10.8 Å². The molecule has 0 aliphatic rings. The molecule has 100 valence electrons. The first-order chi connectivity index (χ1) is 8.21. The zero-order valence-corrected chi connectivity index (χ0v) is 11.7. The highest BCUT2D eigenvalue weighted by Crippen LogP contribution is 2.17. The number of nitrogens with zero attached hydrogens (tertiary/aromatic N) is 1. The van der Waals surface area contributed by atoms with Crippen LogP contribution in [0.2, 0.25) is 0 Å². The smallest absolute Gasteiger partial charge is 0.262 e. The molecule has 0 N–H and O–H groups in total. The number of hydrogen-bond donors (Lipinski definition) is 0. The molecule has 1 aromatic carbocycles. The van der Waals surface area contributed by atoms with Crippen LogP contribution in [0.25, 0.3) is 0 Å². The van der Waals surface area contributed by atoms with Crippen molar-refractivity contribution >= 4 is 15.7 Å². The summed E-state index contributed by atoms with van der Waals surface area (Å²) in [5.41, 5.74) is 0. The number of hydrogen-bond acceptors (Lipinski definition) is 4. The Morgan fingerprint density at radius 1 is 1.22 bits per heavy atom. The normalized spacial score (nSPS) is 12.9. The van der Waals surface area contributed by atoms with Crippen molar-refractivity contribution in [2.45, 2.75) is 17.9 Å². The Balaban J connectivity index is 2.79. The van der Waals surface area contributed by atoms with Gasteiger partial charge in [-0.25, -0.2) is 8.42 Å². The average molecular weight is 271 g/mol. The summed E-state index contributed by atoms with van der Waals surface area (Å²) in [6.45, 7) is 1.65. The molecule has 0 spiro atoms. The summed E-state index contributed by atoms with van der Waals surface area (Å²) in [5, 5.41) is 0. The highest BCUT2D eigenvalue weighted by Gasteiger charge is 2.16. The molecule has 1 aromatic rings. The predicted molar refractivity (Wildman–Crippen MR) is 68.3 cm³/mol. The van der Waals surface area contributed by atoms with E-state index in [9.17, 15) is 13.2 Å². The fourth-order valence-electron chi connectivity index (χ4n) is 1.38. The number of carbonyl (C=O) groups excluding carboxylic acids is 1. The van der Waals surface area contributed by atoms with Gasteiger partial charge in [-0.2, -0.15) is 0 Å². The quantitative estimate of drug-likeness (QED) is 0.817. The summed E-state index contributed by atoms with van der Waals surface area (Å²) < 4.78 is 27.9. The molecule has 1 atom stereocenters. The van der Waals surface area contributed by atoms with E-state index in [0.717, 1.165) is 6.26 Å². The monoisotopic (exact) mass is 271 g/mol. The first-order valence-electron chi connectivity index (χ1n) is 5.40. The van der Waals surface area contributed by atoms with E-state index in [0.29, 0.717) is 5.75 Å². The Morgan fingerprint density at radius 3 is 2.11 bits per heavy atom. The third-order valence-corrected chi connectivity index (χ3v) is 3.48. The maximum atomic E-state index is 11.6. The van der Waals surface area contributed by atoms with E-state index in [1.807, 2.05) is 0 Å². The Morgan fingerprint density at radius 2 is 1.72 bits per heavy atom. The summed E-state index contributed by atoms with van der Waals surface area (Å²) >= 11 is 0. The van der Waals surface area contributed by atoms with Gasteiger partial charge in [0.1, 0.15) is 5.75 Å². The van der Waals surface area contributed by atoms with Crippen molar-refractivity contribution in [1.29, 1.82) is 0 Å². The summed E-state index contributed by atoms with van der Waals surface area (Å²) in [5.74, 6) is 0.312. The molecule has 6 heteroatoms. The van der Waals surface area contributed by atoms with Crippen LogP contribution in [0.5, 0.6) is 5.75 Å². The molecular formula is C12H17NO4S. The van der Waals surface area contributed by atoms with Gasteiger partial charge in [0.05, 0.1) is 4.90 Å². The summed E-state index contributed by atoms with van der Waals surface area (Å²) in [7, 11) is 0.0870. The van der Waals surface area contributed by atoms with Crippen LogP contribution in [0.3, 0.4) is 0 Å². The van der Waals surface area contributed by atoms with E-state index >= 15 is 0 Å². The van der Waals surface area contributed by atoms with Gasteiger partial charge in [0, 0.05) is 20.4 Å². The number of amides is 1. The lowest BCUT2D eigenvalue weighted by Crippen LogP contribution is -2.35. The third kappa shape index (κ3) is 3.73. The molecule has 0 radical (unpaired) electrons. The van der Waals surface area contributed by atoms with Crippen LogP contribution >= 0.6 is 0 Å². The zero-order valence-electron chi connectivity index (χ0n) is 10.9. The molecule has 0 bridgehead atoms. The van der Waals surface area contributed by atoms with Crippen molar-refractivity contribution in [1.82, 2.24) is 4.90 Å². The van der Waals surface area contributed by atoms with Crippen LogP contribution in [0.1, 0.15) is 6.92 Å². The van der Waals surface area contributed by atoms with Gasteiger partial charge in [-0.05, 0) is 31.2 Å². The van der Waals surface area contributed by atoms with Crippen LogP contribution < -0.4 is 4.74 Å². The van der Waals surface area contributed by atoms with Crippen LogP contribution in [0.15, 0.2) is 29.2 Å². The van der Waals surface area contributed by atoms with Gasteiger partial charge in [-0.15, -0.1) is 0 Å². The molecule has 0 saturated heterocycles. The topological polar surface area (TPSA) is 63.7 Å². The van der Waals surface area contributed by atoms with Gasteiger partial charge in [0.15, 0.2) is 15.9 Å². The van der Waals surface area contributed by atoms with Crippen molar-refractivity contribution in [3.63, 3.8) is 0 Å². The minimum absolute atomic E-state index is 0.151. The number of carbonyl (C=O) groups is 1. The molecule has 0 aliphatic carbocycles. The Kier molecular flexibility index (Phi) is 4.34. The van der Waals surface area contributed by atoms with Crippen molar-refractivity contribution in [2.24, 2.45) is 0 Å². The predicted octanol–water partition coefficient (Wildman–Crippen LogP) is 0.946. The van der Waals surface area contributed by atoms with Crippen LogP contribution in [-0.4, -0.2) is 45.7 Å². The second-order valence-electron chi connectivity index (χ2n) is 4.24. The van der Waals surface area contributed by atoms with Gasteiger partial charge >= 0.3 is 0 Å². The Bertz CT molecular complexity index is 520. The number of ether oxygens (including phenoxy) is 1. The van der Waals surface area contributed by atoms with Crippen molar-refractivity contribution in [3.8, 4) is 5.75 Å². The highest BCUT2D eigenvalue weighted by atomic mass is 32.2. The lowest BCUT2D eigenvalue weighted by Gasteiger charge is -2.18. The van der Waals surface area contributed by atoms with E-state index in [1.165, 1.54) is 29.2 Å². The number of likely N-dealkylation sites (N-methyl/N-ethyl adjacent to an activating group) is 1. The summed E-state index contributed by atoms with van der Waals surface area (Å²) in [6.07, 6.45) is 0.533. The highest BCUT2D eigenvalue weighted by molar-refractivity contribution is 7.90. The molecule has 0 aliphatic heterocycles. The van der Waals surface area contributed by atoms with Gasteiger partial charge in [-0.1, -0.05) is 0 Å². The molecule has 1 rings (SSSR count). The van der Waals surface area contributed by atoms with E-state index in [2.05, 4.69) is 0 Å². The number of benzene rings is 1. The fraction of sp³-hybridized carbons (Fsp3) is 0.417. The first kappa shape index (κ1) is 14.5. The SMILES string of the molecule is C[C@H](Oc1ccc(S(C)(=O)=O)cc1)C(=O)N(C)C. The Hall–Kier alpha value is -1.56. The van der Waals surface area contributed by atoms with Crippen LogP contribution in [0, 0.1) is 0 Å². The van der Waals surface area contributed by atoms with Crippen molar-refractivity contribution in [2.75, 3.05) is 20.4 Å². The van der Waals surface area contributed by atoms with Gasteiger partial charge in [0.2, 0.25) is 0 Å². The molecule has 0 aromatic heterocycles. The minimum atomic E-state index is -3.21. The lowest BCUT2D eigenvalue weighted by atomic mass is 10.3. The molecule has 0 fully saturated rings. The third-order valence-electron chi connectivity index (χ3n) is 2.35. The van der Waals surface area contributed by atoms with E-state index < -0.39 is 15.9 Å². The molecule has 1 amide bonds. The largest absolute Gasteiger partial charge is 0.481 e. The second kappa shape index (κ2) is 5.39. The molecule has 0 saturated carbocycles. The maximum absolute atomic E-state index is 11.6. The molecule has 18 heavy (non-hydrogen) atoms. The van der Waals surface area contributed by atoms with Gasteiger partial charge < -0.3 is 9.64 Å². The standard InChI is InChI=1S/C12H17NO4S/c1-9(12(14)13(2)3)17-10-5-7-11(8-6-10)18(4,15)16/h5-9H,1-4H3/t9-/m0/s1. The van der Waals surface area contributed by atoms with E-state index in [1.54, 1.807) is 21.0 Å². The molecule has 0 heterocycles. The summed E-state index contributed by atoms with van der Waals surface area (Å²) in [4.78, 5) is 13.2. The minimum Gasteiger partial charge on any atom is -0.481 e. The number of sulfone groups is 1. The van der Waals surface area contributed by atoms with E-state index in [4.69, 9.17) is 4.74 Å². The van der Waals surface area contributed by atoms with Crippen LogP contribution in [-0.2, 0) is 14.6 Å². The van der Waals surface area contributed by atoms with Crippen molar-refractivity contribution in [3.05, 3.63) is 24.3 Å². The van der Waals surface area contributed by atoms with Gasteiger partial charge in [-0.3, -0.25) is 4.79 Å². The number of rotatable bonds is 4. The second-order valence-corrected chi connectivity index (χ2v) is 6.25. The fourth-order valence-corrected chi connectivity index (χ4v) is 2.01. The Labute approximate surface area is 107 Å². The van der Waals surface area contributed by atoms with Gasteiger partial charge in [0.25, 0.3) is 5.91 Å². The average Bonchev–Trinajstić information content (AvgIpc) is 2.27. The molecule has 5 nitrogen and oxygen atoms in total. The molecule has 0 unspecified atom stereocenters. The molecular weight excluding hydrogens is 254 g/mol. The zero-order chi connectivity index (χ0) is 13.9. The maximum Gasteiger partial charge on any atom is 0.262 e. The van der Waals surface area contributed by atoms with Crippen molar-refractivity contribution < 1.29 is 17.9 Å². The van der Waals surface area contributed by atoms with Crippen LogP contribution in [0.4, 0.5) is 0 Å². The first-order valence-corrected chi connectivity index (χ1v) is 7.29.